The van der Waals surface area contributed by atoms with Crippen LogP contribution >= 0.6 is 0 Å². The van der Waals surface area contributed by atoms with Gasteiger partial charge in [0.2, 0.25) is 0 Å². The number of hydrogen-bond donors (Lipinski definition) is 0. The van der Waals surface area contributed by atoms with Crippen molar-refractivity contribution in [3.8, 4) is 0 Å². The topological polar surface area (TPSA) is 16.1 Å². The summed E-state index contributed by atoms with van der Waals surface area (Å²) in [7, 11) is 0. The van der Waals surface area contributed by atoms with E-state index in [9.17, 15) is 13.2 Å². The number of alkyl halides is 3. The molecule has 1 aromatic heterocycles. The fraction of sp³-hybridized carbons (Fsp3) is 0.500. The van der Waals surface area contributed by atoms with Crippen molar-refractivity contribution in [3.05, 3.63) is 23.9 Å². The summed E-state index contributed by atoms with van der Waals surface area (Å²) in [4.78, 5) is 5.31. The monoisotopic (exact) mass is 217 g/mol. The molecule has 1 aliphatic heterocycles. The summed E-state index contributed by atoms with van der Waals surface area (Å²) in [6.45, 7) is 0.786. The van der Waals surface area contributed by atoms with Gasteiger partial charge in [-0.05, 0) is 25.0 Å². The maximum absolute atomic E-state index is 12.7. The number of nitrogens with zero attached hydrogens (tertiary/aromatic N) is 2. The molecule has 0 aliphatic carbocycles. The largest absolute Gasteiger partial charge is 0.419 e. The highest BCUT2D eigenvalue weighted by molar-refractivity contribution is 5.48. The normalized spacial score (nSPS) is 23.0. The van der Waals surface area contributed by atoms with E-state index in [1.807, 2.05) is 0 Å². The lowest BCUT2D eigenvalue weighted by Gasteiger charge is -2.20. The Bertz CT molecular complexity index is 381. The summed E-state index contributed by atoms with van der Waals surface area (Å²) >= 11 is 0. The minimum Gasteiger partial charge on any atom is -0.356 e. The van der Waals surface area contributed by atoms with Crippen molar-refractivity contribution in [2.24, 2.45) is 0 Å². The Morgan fingerprint density at radius 2 is 2.20 bits per heavy atom. The second-order valence-electron chi connectivity index (χ2n) is 3.40. The first-order chi connectivity index (χ1) is 7.48. The molecule has 0 unspecified atom stereocenters. The van der Waals surface area contributed by atoms with E-state index >= 15 is 0 Å². The second kappa shape index (κ2) is 3.72. The molecule has 0 radical (unpaired) electrons. The summed E-state index contributed by atoms with van der Waals surface area (Å²) in [6.07, 6.45) is -2.76. The first-order valence-corrected chi connectivity index (χ1v) is 4.68. The van der Waals surface area contributed by atoms with Gasteiger partial charge in [-0.3, -0.25) is 0 Å². The Morgan fingerprint density at radius 3 is 2.80 bits per heavy atom. The van der Waals surface area contributed by atoms with Crippen LogP contribution in [-0.4, -0.2) is 18.1 Å². The van der Waals surface area contributed by atoms with Crippen LogP contribution in [0.5, 0.6) is 0 Å². The lowest BCUT2D eigenvalue weighted by Crippen LogP contribution is -2.23. The van der Waals surface area contributed by atoms with Gasteiger partial charge in [-0.1, -0.05) is 0 Å². The molecular weight excluding hydrogens is 205 g/mol. The van der Waals surface area contributed by atoms with Gasteiger partial charge >= 0.3 is 6.18 Å². The summed E-state index contributed by atoms with van der Waals surface area (Å²) in [5.41, 5.74) is -0.718. The Morgan fingerprint density at radius 1 is 1.40 bits per heavy atom. The summed E-state index contributed by atoms with van der Waals surface area (Å²) in [5, 5.41) is 0. The van der Waals surface area contributed by atoms with Gasteiger partial charge in [-0.2, -0.15) is 13.2 Å². The number of halogens is 3. The van der Waals surface area contributed by atoms with Crippen molar-refractivity contribution in [2.75, 3.05) is 18.0 Å². The zero-order chi connectivity index (χ0) is 11.8. The molecule has 0 saturated carbocycles. The van der Waals surface area contributed by atoms with Crippen LogP contribution in [0.2, 0.25) is 0 Å². The predicted octanol–water partition coefficient (Wildman–Crippen LogP) is 2.70. The minimum atomic E-state index is -4.39. The van der Waals surface area contributed by atoms with Gasteiger partial charge in [0.15, 0.2) is 0 Å². The van der Waals surface area contributed by atoms with E-state index in [4.69, 9.17) is 1.37 Å². The average molecular weight is 217 g/mol. The SMILES string of the molecule is [2H][C@H]1CCN(c2ncccc2C(F)(F)F)C1. The highest BCUT2D eigenvalue weighted by Crippen LogP contribution is 2.35. The highest BCUT2D eigenvalue weighted by Gasteiger charge is 2.35. The first kappa shape index (κ1) is 9.00. The Balaban J connectivity index is 2.34. The second-order valence-corrected chi connectivity index (χ2v) is 3.40. The molecule has 1 saturated heterocycles. The van der Waals surface area contributed by atoms with E-state index in [2.05, 4.69) is 4.98 Å². The molecule has 0 bridgehead atoms. The van der Waals surface area contributed by atoms with Gasteiger partial charge < -0.3 is 4.90 Å². The van der Waals surface area contributed by atoms with E-state index < -0.39 is 11.7 Å². The lowest BCUT2D eigenvalue weighted by atomic mass is 10.2. The predicted molar refractivity (Wildman–Crippen MR) is 50.7 cm³/mol. The van der Waals surface area contributed by atoms with E-state index in [0.29, 0.717) is 19.5 Å². The number of hydrogen-bond acceptors (Lipinski definition) is 2. The molecule has 1 aliphatic rings. The lowest BCUT2D eigenvalue weighted by molar-refractivity contribution is -0.137. The van der Waals surface area contributed by atoms with Gasteiger partial charge in [0.25, 0.3) is 0 Å². The van der Waals surface area contributed by atoms with Crippen LogP contribution in [0.4, 0.5) is 19.0 Å². The van der Waals surface area contributed by atoms with E-state index in [-0.39, 0.29) is 12.2 Å². The summed E-state index contributed by atoms with van der Waals surface area (Å²) < 4.78 is 45.5. The molecule has 1 aromatic rings. The zero-order valence-corrected chi connectivity index (χ0v) is 7.96. The third-order valence-electron chi connectivity index (χ3n) is 2.34. The molecule has 15 heavy (non-hydrogen) atoms. The minimum absolute atomic E-state index is 0.0512. The van der Waals surface area contributed by atoms with Crippen molar-refractivity contribution in [1.82, 2.24) is 4.98 Å². The summed E-state index contributed by atoms with van der Waals surface area (Å²) in [5.74, 6) is -0.0512. The van der Waals surface area contributed by atoms with Crippen LogP contribution < -0.4 is 4.90 Å². The van der Waals surface area contributed by atoms with Gasteiger partial charge in [0, 0.05) is 20.7 Å². The maximum atomic E-state index is 12.7. The van der Waals surface area contributed by atoms with Gasteiger partial charge in [-0.25, -0.2) is 4.98 Å². The fourth-order valence-electron chi connectivity index (χ4n) is 1.65. The number of rotatable bonds is 1. The van der Waals surface area contributed by atoms with E-state index in [1.54, 1.807) is 0 Å². The maximum Gasteiger partial charge on any atom is 0.419 e. The fourth-order valence-corrected chi connectivity index (χ4v) is 1.65. The van der Waals surface area contributed by atoms with Crippen LogP contribution in [-0.2, 0) is 6.18 Å². The zero-order valence-electron chi connectivity index (χ0n) is 8.96. The quantitative estimate of drug-likeness (QED) is 0.719. The molecule has 82 valence electrons. The molecular formula is C10H11F3N2. The van der Waals surface area contributed by atoms with Crippen molar-refractivity contribution < 1.29 is 14.5 Å². The third kappa shape index (κ3) is 2.06. The van der Waals surface area contributed by atoms with Crippen molar-refractivity contribution in [1.29, 1.82) is 0 Å². The van der Waals surface area contributed by atoms with Crippen LogP contribution in [0.1, 0.15) is 19.8 Å². The Hall–Kier alpha value is -1.26. The molecule has 0 spiro atoms. The third-order valence-corrected chi connectivity index (χ3v) is 2.34. The Kier molecular flexibility index (Phi) is 2.23. The van der Waals surface area contributed by atoms with Gasteiger partial charge in [-0.15, -0.1) is 0 Å². The highest BCUT2D eigenvalue weighted by atomic mass is 19.4. The molecule has 0 amide bonds. The Labute approximate surface area is 87.1 Å². The van der Waals surface area contributed by atoms with E-state index in [1.165, 1.54) is 17.2 Å². The molecule has 1 fully saturated rings. The molecule has 2 nitrogen and oxygen atoms in total. The summed E-state index contributed by atoms with van der Waals surface area (Å²) in [6, 6.07) is 2.31. The van der Waals surface area contributed by atoms with Gasteiger partial charge in [0.1, 0.15) is 5.82 Å². The number of aromatic nitrogens is 1. The van der Waals surface area contributed by atoms with Crippen LogP contribution in [0.3, 0.4) is 0 Å². The van der Waals surface area contributed by atoms with Crippen molar-refractivity contribution >= 4 is 5.82 Å². The first-order valence-electron chi connectivity index (χ1n) is 5.25. The molecule has 5 heteroatoms. The smallest absolute Gasteiger partial charge is 0.356 e. The molecule has 0 aromatic carbocycles. The van der Waals surface area contributed by atoms with E-state index in [0.717, 1.165) is 6.07 Å². The van der Waals surface area contributed by atoms with Crippen molar-refractivity contribution in [3.63, 3.8) is 0 Å². The van der Waals surface area contributed by atoms with Gasteiger partial charge in [0.05, 0.1) is 5.56 Å². The molecule has 2 rings (SSSR count). The van der Waals surface area contributed by atoms with Crippen LogP contribution in [0, 0.1) is 0 Å². The standard InChI is InChI=1S/C10H11F3N2/c11-10(12,13)8-4-3-5-14-9(8)15-6-1-2-7-15/h3-5H,1-2,6-7H2/i1D/t1-/m0/s1. The number of anilines is 1. The molecule has 0 N–H and O–H groups in total. The van der Waals surface area contributed by atoms with Crippen LogP contribution in [0.15, 0.2) is 18.3 Å². The molecule has 2 heterocycles. The molecule has 1 atom stereocenters. The van der Waals surface area contributed by atoms with Crippen LogP contribution in [0.25, 0.3) is 0 Å². The van der Waals surface area contributed by atoms with Crippen molar-refractivity contribution in [2.45, 2.75) is 19.0 Å². The number of pyridine rings is 1. The average Bonchev–Trinajstić information content (AvgIpc) is 2.64.